The van der Waals surface area contributed by atoms with Crippen molar-refractivity contribution in [1.82, 2.24) is 5.32 Å². The predicted octanol–water partition coefficient (Wildman–Crippen LogP) is 5.45. The summed E-state index contributed by atoms with van der Waals surface area (Å²) in [4.78, 5) is 12.4. The van der Waals surface area contributed by atoms with Crippen molar-refractivity contribution in [3.05, 3.63) is 94.9 Å². The fourth-order valence-corrected chi connectivity index (χ4v) is 3.97. The van der Waals surface area contributed by atoms with Crippen LogP contribution >= 0.6 is 24.0 Å². The van der Waals surface area contributed by atoms with E-state index in [-0.39, 0.29) is 5.91 Å². The fraction of sp³-hybridized carbons (Fsp3) is 0.0435. The molecule has 4 rings (SSSR count). The Hall–Kier alpha value is -2.89. The lowest BCUT2D eigenvalue weighted by atomic mass is 10.0. The lowest BCUT2D eigenvalue weighted by Gasteiger charge is -2.08. The molecular weight excluding hydrogens is 384 g/mol. The molecule has 3 nitrogen and oxygen atoms in total. The highest BCUT2D eigenvalue weighted by atomic mass is 32.2. The van der Waals surface area contributed by atoms with Crippen LogP contribution in [0.2, 0.25) is 0 Å². The molecule has 1 fully saturated rings. The Morgan fingerprint density at radius 1 is 0.893 bits per heavy atom. The first-order chi connectivity index (χ1) is 13.7. The summed E-state index contributed by atoms with van der Waals surface area (Å²) < 4.78 is 0.508. The maximum atomic E-state index is 11.8. The summed E-state index contributed by atoms with van der Waals surface area (Å²) in [5.74, 6) is -0.127. The largest absolute Gasteiger partial charge is 0.381 e. The third-order valence-corrected chi connectivity index (χ3v) is 5.57. The minimum atomic E-state index is -0.127. The van der Waals surface area contributed by atoms with Gasteiger partial charge in [0.25, 0.3) is 5.91 Å². The van der Waals surface area contributed by atoms with E-state index in [1.807, 2.05) is 36.4 Å². The molecular formula is C23H18N2OS2. The van der Waals surface area contributed by atoms with Crippen LogP contribution in [0.15, 0.2) is 83.8 Å². The van der Waals surface area contributed by atoms with E-state index in [2.05, 4.69) is 59.2 Å². The van der Waals surface area contributed by atoms with Gasteiger partial charge in [0.05, 0.1) is 4.91 Å². The Kier molecular flexibility index (Phi) is 5.55. The van der Waals surface area contributed by atoms with Crippen molar-refractivity contribution in [2.75, 3.05) is 5.32 Å². The fourth-order valence-electron chi connectivity index (χ4n) is 2.92. The number of thioether (sulfide) groups is 1. The molecule has 138 valence electrons. The molecule has 3 aromatic rings. The van der Waals surface area contributed by atoms with Crippen LogP contribution in [0.3, 0.4) is 0 Å². The van der Waals surface area contributed by atoms with Crippen molar-refractivity contribution < 1.29 is 4.79 Å². The number of benzene rings is 3. The third kappa shape index (κ3) is 4.50. The molecule has 1 saturated heterocycles. The second-order valence-electron chi connectivity index (χ2n) is 6.39. The summed E-state index contributed by atoms with van der Waals surface area (Å²) in [5, 5.41) is 6.07. The van der Waals surface area contributed by atoms with Crippen LogP contribution in [0.25, 0.3) is 17.2 Å². The van der Waals surface area contributed by atoms with Gasteiger partial charge in [-0.3, -0.25) is 4.79 Å². The number of carbonyl (C=O) groups is 1. The highest BCUT2D eigenvalue weighted by Gasteiger charge is 2.21. The number of rotatable bonds is 5. The van der Waals surface area contributed by atoms with Crippen LogP contribution in [0.5, 0.6) is 0 Å². The average molecular weight is 403 g/mol. The van der Waals surface area contributed by atoms with Gasteiger partial charge in [-0.05, 0) is 40.5 Å². The number of hydrogen-bond donors (Lipinski definition) is 2. The van der Waals surface area contributed by atoms with Crippen molar-refractivity contribution in [2.24, 2.45) is 0 Å². The number of hydrogen-bond acceptors (Lipinski definition) is 4. The molecule has 0 unspecified atom stereocenters. The van der Waals surface area contributed by atoms with E-state index in [0.29, 0.717) is 9.23 Å². The number of nitrogens with one attached hydrogen (secondary N) is 2. The van der Waals surface area contributed by atoms with Crippen LogP contribution in [-0.2, 0) is 11.3 Å². The molecule has 0 aliphatic carbocycles. The average Bonchev–Trinajstić information content (AvgIpc) is 3.05. The lowest BCUT2D eigenvalue weighted by molar-refractivity contribution is -0.115. The number of carbonyl (C=O) groups excluding carboxylic acids is 1. The van der Waals surface area contributed by atoms with Gasteiger partial charge in [-0.15, -0.1) is 0 Å². The zero-order valence-electron chi connectivity index (χ0n) is 15.0. The lowest BCUT2D eigenvalue weighted by Crippen LogP contribution is -2.17. The summed E-state index contributed by atoms with van der Waals surface area (Å²) in [7, 11) is 0. The second kappa shape index (κ2) is 8.42. The van der Waals surface area contributed by atoms with E-state index in [1.165, 1.54) is 17.3 Å². The minimum Gasteiger partial charge on any atom is -0.381 e. The highest BCUT2D eigenvalue weighted by Crippen LogP contribution is 2.27. The number of thiocarbonyl (C=S) groups is 1. The predicted molar refractivity (Wildman–Crippen MR) is 122 cm³/mol. The van der Waals surface area contributed by atoms with Gasteiger partial charge < -0.3 is 10.6 Å². The Bertz CT molecular complexity index is 1030. The second-order valence-corrected chi connectivity index (χ2v) is 8.11. The topological polar surface area (TPSA) is 41.1 Å². The Labute approximate surface area is 173 Å². The smallest absolute Gasteiger partial charge is 0.263 e. The summed E-state index contributed by atoms with van der Waals surface area (Å²) in [5.41, 5.74) is 5.61. The molecule has 0 aromatic heterocycles. The Morgan fingerprint density at radius 3 is 2.14 bits per heavy atom. The summed E-state index contributed by atoms with van der Waals surface area (Å²) >= 11 is 6.31. The first-order valence-corrected chi connectivity index (χ1v) is 10.1. The van der Waals surface area contributed by atoms with E-state index in [9.17, 15) is 4.79 Å². The molecule has 0 saturated carbocycles. The third-order valence-electron chi connectivity index (χ3n) is 4.41. The SMILES string of the molecule is O=C1NC(=S)S/C1=C\c1ccc(-c2ccc(NCc3ccccc3)cc2)cc1. The molecule has 0 atom stereocenters. The molecule has 28 heavy (non-hydrogen) atoms. The zero-order valence-corrected chi connectivity index (χ0v) is 16.6. The van der Waals surface area contributed by atoms with Gasteiger partial charge in [0.2, 0.25) is 0 Å². The standard InChI is InChI=1S/C23H18N2OS2/c26-22-21(28-23(27)25-22)14-16-6-8-18(9-7-16)19-10-12-20(13-11-19)24-15-17-4-2-1-3-5-17/h1-14,24H,15H2,(H,25,26,27)/b21-14-. The van der Waals surface area contributed by atoms with Crippen LogP contribution in [-0.4, -0.2) is 10.2 Å². The maximum absolute atomic E-state index is 11.8. The van der Waals surface area contributed by atoms with Gasteiger partial charge in [-0.2, -0.15) is 0 Å². The van der Waals surface area contributed by atoms with Crippen molar-refractivity contribution in [3.63, 3.8) is 0 Å². The van der Waals surface area contributed by atoms with E-state index < -0.39 is 0 Å². The Morgan fingerprint density at radius 2 is 1.54 bits per heavy atom. The first kappa shape index (κ1) is 18.5. The number of anilines is 1. The van der Waals surface area contributed by atoms with Crippen LogP contribution in [0, 0.1) is 0 Å². The molecule has 0 spiro atoms. The monoisotopic (exact) mass is 402 g/mol. The molecule has 1 amide bonds. The molecule has 1 aliphatic rings. The summed E-state index contributed by atoms with van der Waals surface area (Å²) in [6.45, 7) is 0.804. The zero-order chi connectivity index (χ0) is 19.3. The van der Waals surface area contributed by atoms with Crippen molar-refractivity contribution >= 4 is 46.0 Å². The van der Waals surface area contributed by atoms with Crippen molar-refractivity contribution in [3.8, 4) is 11.1 Å². The molecule has 1 heterocycles. The normalized spacial score (nSPS) is 14.9. The van der Waals surface area contributed by atoms with Gasteiger partial charge >= 0.3 is 0 Å². The molecule has 1 aliphatic heterocycles. The maximum Gasteiger partial charge on any atom is 0.263 e. The molecule has 5 heteroatoms. The quantitative estimate of drug-likeness (QED) is 0.440. The van der Waals surface area contributed by atoms with Gasteiger partial charge in [-0.1, -0.05) is 90.7 Å². The van der Waals surface area contributed by atoms with Crippen LogP contribution in [0.1, 0.15) is 11.1 Å². The van der Waals surface area contributed by atoms with Crippen LogP contribution in [0.4, 0.5) is 5.69 Å². The van der Waals surface area contributed by atoms with Crippen molar-refractivity contribution in [1.29, 1.82) is 0 Å². The van der Waals surface area contributed by atoms with Gasteiger partial charge in [0, 0.05) is 12.2 Å². The molecule has 3 aromatic carbocycles. The Balaban J connectivity index is 1.42. The summed E-state index contributed by atoms with van der Waals surface area (Å²) in [6, 6.07) is 26.9. The van der Waals surface area contributed by atoms with E-state index >= 15 is 0 Å². The molecule has 0 bridgehead atoms. The van der Waals surface area contributed by atoms with Crippen molar-refractivity contribution in [2.45, 2.75) is 6.54 Å². The van der Waals surface area contributed by atoms with Gasteiger partial charge in [-0.25, -0.2) is 0 Å². The van der Waals surface area contributed by atoms with Crippen LogP contribution < -0.4 is 10.6 Å². The van der Waals surface area contributed by atoms with Gasteiger partial charge in [0.1, 0.15) is 4.32 Å². The minimum absolute atomic E-state index is 0.127. The first-order valence-electron chi connectivity index (χ1n) is 8.90. The highest BCUT2D eigenvalue weighted by molar-refractivity contribution is 8.26. The number of amides is 1. The van der Waals surface area contributed by atoms with E-state index in [4.69, 9.17) is 12.2 Å². The van der Waals surface area contributed by atoms with E-state index in [1.54, 1.807) is 0 Å². The summed E-state index contributed by atoms with van der Waals surface area (Å²) in [6.07, 6.45) is 1.86. The molecule has 0 radical (unpaired) electrons. The van der Waals surface area contributed by atoms with Gasteiger partial charge in [0.15, 0.2) is 0 Å². The van der Waals surface area contributed by atoms with E-state index in [0.717, 1.165) is 28.9 Å². The molecule has 2 N–H and O–H groups in total.